The molecule has 0 amide bonds. The highest BCUT2D eigenvalue weighted by Gasteiger charge is 2.15. The summed E-state index contributed by atoms with van der Waals surface area (Å²) in [5.74, 6) is 0. The van der Waals surface area contributed by atoms with Crippen LogP contribution in [0.1, 0.15) is 19.4 Å². The molecule has 0 unspecified atom stereocenters. The fraction of sp³-hybridized carbons (Fsp3) is 0.417. The Balaban J connectivity index is 2.75. The van der Waals surface area contributed by atoms with Gasteiger partial charge in [-0.1, -0.05) is 0 Å². The standard InChI is InChI=1S/C12H16N2O/c1-12(2,15)9-14(3)11-6-4-10(8-13)5-7-11/h4-7,15H,9H2,1-3H3. The first-order valence-corrected chi connectivity index (χ1v) is 4.86. The lowest BCUT2D eigenvalue weighted by Gasteiger charge is -2.27. The minimum absolute atomic E-state index is 0.554. The zero-order valence-electron chi connectivity index (χ0n) is 9.36. The molecule has 1 aromatic rings. The molecule has 0 saturated heterocycles. The SMILES string of the molecule is CN(CC(C)(C)O)c1ccc(C#N)cc1. The van der Waals surface area contributed by atoms with E-state index in [0.29, 0.717) is 12.1 Å². The Morgan fingerprint density at radius 1 is 1.33 bits per heavy atom. The van der Waals surface area contributed by atoms with Gasteiger partial charge in [0.1, 0.15) is 0 Å². The summed E-state index contributed by atoms with van der Waals surface area (Å²) in [7, 11) is 1.92. The van der Waals surface area contributed by atoms with Crippen molar-refractivity contribution < 1.29 is 5.11 Å². The van der Waals surface area contributed by atoms with E-state index >= 15 is 0 Å². The Hall–Kier alpha value is -1.53. The van der Waals surface area contributed by atoms with E-state index in [0.717, 1.165) is 5.69 Å². The lowest BCUT2D eigenvalue weighted by Crippen LogP contribution is -2.36. The number of likely N-dealkylation sites (N-methyl/N-ethyl adjacent to an activating group) is 1. The maximum atomic E-state index is 9.66. The number of nitrogens with zero attached hydrogens (tertiary/aromatic N) is 2. The summed E-state index contributed by atoms with van der Waals surface area (Å²) in [6, 6.07) is 9.38. The van der Waals surface area contributed by atoms with Crippen LogP contribution in [0.15, 0.2) is 24.3 Å². The van der Waals surface area contributed by atoms with Crippen LogP contribution in [0, 0.1) is 11.3 Å². The Morgan fingerprint density at radius 2 is 1.87 bits per heavy atom. The monoisotopic (exact) mass is 204 g/mol. The van der Waals surface area contributed by atoms with Gasteiger partial charge in [-0.15, -0.1) is 0 Å². The molecule has 1 N–H and O–H groups in total. The van der Waals surface area contributed by atoms with Gasteiger partial charge in [-0.3, -0.25) is 0 Å². The van der Waals surface area contributed by atoms with Gasteiger partial charge in [-0.2, -0.15) is 5.26 Å². The average molecular weight is 204 g/mol. The molecule has 0 heterocycles. The highest BCUT2D eigenvalue weighted by Crippen LogP contribution is 2.15. The van der Waals surface area contributed by atoms with Gasteiger partial charge in [0.2, 0.25) is 0 Å². The average Bonchev–Trinajstić information content (AvgIpc) is 2.15. The molecular formula is C12H16N2O. The van der Waals surface area contributed by atoms with E-state index in [1.807, 2.05) is 24.1 Å². The summed E-state index contributed by atoms with van der Waals surface area (Å²) < 4.78 is 0. The summed E-state index contributed by atoms with van der Waals surface area (Å²) in [5.41, 5.74) is 0.925. The van der Waals surface area contributed by atoms with Crippen molar-refractivity contribution in [1.29, 1.82) is 5.26 Å². The lowest BCUT2D eigenvalue weighted by atomic mass is 10.1. The van der Waals surface area contributed by atoms with Crippen molar-refractivity contribution >= 4 is 5.69 Å². The van der Waals surface area contributed by atoms with E-state index in [4.69, 9.17) is 5.26 Å². The smallest absolute Gasteiger partial charge is 0.0991 e. The van der Waals surface area contributed by atoms with Gasteiger partial charge < -0.3 is 10.0 Å². The van der Waals surface area contributed by atoms with Gasteiger partial charge >= 0.3 is 0 Å². The fourth-order valence-electron chi connectivity index (χ4n) is 1.46. The lowest BCUT2D eigenvalue weighted by molar-refractivity contribution is 0.0886. The van der Waals surface area contributed by atoms with Gasteiger partial charge in [0.15, 0.2) is 0 Å². The molecule has 0 aromatic heterocycles. The number of hydrogen-bond donors (Lipinski definition) is 1. The van der Waals surface area contributed by atoms with E-state index in [1.54, 1.807) is 26.0 Å². The van der Waals surface area contributed by atoms with Gasteiger partial charge in [0.25, 0.3) is 0 Å². The second-order valence-corrected chi connectivity index (χ2v) is 4.33. The number of anilines is 1. The maximum Gasteiger partial charge on any atom is 0.0991 e. The molecular weight excluding hydrogens is 188 g/mol. The van der Waals surface area contributed by atoms with Crippen molar-refractivity contribution in [2.75, 3.05) is 18.5 Å². The number of benzene rings is 1. The number of hydrogen-bond acceptors (Lipinski definition) is 3. The Kier molecular flexibility index (Phi) is 3.33. The van der Waals surface area contributed by atoms with Crippen molar-refractivity contribution in [2.24, 2.45) is 0 Å². The minimum Gasteiger partial charge on any atom is -0.389 e. The highest BCUT2D eigenvalue weighted by atomic mass is 16.3. The van der Waals surface area contributed by atoms with Crippen LogP contribution in [0.5, 0.6) is 0 Å². The molecule has 80 valence electrons. The Labute approximate surface area is 90.6 Å². The topological polar surface area (TPSA) is 47.3 Å². The van der Waals surface area contributed by atoms with Crippen LogP contribution >= 0.6 is 0 Å². The van der Waals surface area contributed by atoms with Gasteiger partial charge in [-0.25, -0.2) is 0 Å². The number of aliphatic hydroxyl groups is 1. The van der Waals surface area contributed by atoms with Crippen LogP contribution in [-0.4, -0.2) is 24.3 Å². The van der Waals surface area contributed by atoms with E-state index in [9.17, 15) is 5.11 Å². The molecule has 0 spiro atoms. The first-order chi connectivity index (χ1) is 6.92. The second-order valence-electron chi connectivity index (χ2n) is 4.33. The van der Waals surface area contributed by atoms with E-state index < -0.39 is 5.60 Å². The normalized spacial score (nSPS) is 10.9. The molecule has 0 aliphatic heterocycles. The molecule has 0 aliphatic rings. The highest BCUT2D eigenvalue weighted by molar-refractivity contribution is 5.49. The summed E-state index contributed by atoms with van der Waals surface area (Å²) in [6.07, 6.45) is 0. The fourth-order valence-corrected chi connectivity index (χ4v) is 1.46. The molecule has 0 aliphatic carbocycles. The summed E-state index contributed by atoms with van der Waals surface area (Å²) in [6.45, 7) is 4.10. The van der Waals surface area contributed by atoms with Crippen LogP contribution < -0.4 is 4.90 Å². The van der Waals surface area contributed by atoms with Crippen molar-refractivity contribution in [1.82, 2.24) is 0 Å². The van der Waals surface area contributed by atoms with Gasteiger partial charge in [0.05, 0.1) is 17.2 Å². The first kappa shape index (κ1) is 11.5. The van der Waals surface area contributed by atoms with Crippen LogP contribution in [-0.2, 0) is 0 Å². The second kappa shape index (κ2) is 4.33. The van der Waals surface area contributed by atoms with Crippen LogP contribution in [0.3, 0.4) is 0 Å². The van der Waals surface area contributed by atoms with Crippen molar-refractivity contribution in [3.63, 3.8) is 0 Å². The van der Waals surface area contributed by atoms with Crippen LogP contribution in [0.25, 0.3) is 0 Å². The largest absolute Gasteiger partial charge is 0.389 e. The molecule has 0 saturated carbocycles. The van der Waals surface area contributed by atoms with E-state index in [1.165, 1.54) is 0 Å². The molecule has 1 rings (SSSR count). The predicted octanol–water partition coefficient (Wildman–Crippen LogP) is 1.77. The van der Waals surface area contributed by atoms with Crippen LogP contribution in [0.2, 0.25) is 0 Å². The number of rotatable bonds is 3. The maximum absolute atomic E-state index is 9.66. The zero-order chi connectivity index (χ0) is 11.5. The molecule has 0 bridgehead atoms. The van der Waals surface area contributed by atoms with E-state index in [2.05, 4.69) is 6.07 Å². The van der Waals surface area contributed by atoms with Crippen molar-refractivity contribution in [2.45, 2.75) is 19.4 Å². The summed E-state index contributed by atoms with van der Waals surface area (Å²) >= 11 is 0. The molecule has 0 radical (unpaired) electrons. The number of nitriles is 1. The molecule has 15 heavy (non-hydrogen) atoms. The third-order valence-corrected chi connectivity index (χ3v) is 2.06. The van der Waals surface area contributed by atoms with Crippen molar-refractivity contribution in [3.05, 3.63) is 29.8 Å². The molecule has 3 heteroatoms. The van der Waals surface area contributed by atoms with E-state index in [-0.39, 0.29) is 0 Å². The zero-order valence-corrected chi connectivity index (χ0v) is 9.36. The Bertz CT molecular complexity index is 357. The summed E-state index contributed by atoms with van der Waals surface area (Å²) in [4.78, 5) is 1.96. The predicted molar refractivity (Wildman–Crippen MR) is 60.7 cm³/mol. The van der Waals surface area contributed by atoms with Gasteiger partial charge in [-0.05, 0) is 38.1 Å². The molecule has 1 aromatic carbocycles. The molecule has 0 atom stereocenters. The minimum atomic E-state index is -0.720. The Morgan fingerprint density at radius 3 is 2.27 bits per heavy atom. The molecule has 0 fully saturated rings. The summed E-state index contributed by atoms with van der Waals surface area (Å²) in [5, 5.41) is 18.3. The first-order valence-electron chi connectivity index (χ1n) is 4.86. The van der Waals surface area contributed by atoms with Gasteiger partial charge in [0, 0.05) is 19.3 Å². The third-order valence-electron chi connectivity index (χ3n) is 2.06. The quantitative estimate of drug-likeness (QED) is 0.816. The molecule has 3 nitrogen and oxygen atoms in total. The van der Waals surface area contributed by atoms with Crippen LogP contribution in [0.4, 0.5) is 5.69 Å². The van der Waals surface area contributed by atoms with Crippen molar-refractivity contribution in [3.8, 4) is 6.07 Å². The third kappa shape index (κ3) is 3.61.